The van der Waals surface area contributed by atoms with Gasteiger partial charge in [0.1, 0.15) is 23.7 Å². The maximum atomic E-state index is 13.9. The van der Waals surface area contributed by atoms with Crippen LogP contribution in [-0.4, -0.2) is 79.1 Å². The zero-order valence-electron chi connectivity index (χ0n) is 25.9. The molecule has 1 aromatic carbocycles. The van der Waals surface area contributed by atoms with Crippen molar-refractivity contribution in [3.8, 4) is 22.6 Å². The quantitative estimate of drug-likeness (QED) is 0.192. The van der Waals surface area contributed by atoms with Crippen LogP contribution in [0.25, 0.3) is 22.2 Å². The number of amides is 2. The second-order valence-electron chi connectivity index (χ2n) is 12.9. The average Bonchev–Trinajstić information content (AvgIpc) is 3.76. The van der Waals surface area contributed by atoms with E-state index in [2.05, 4.69) is 25.0 Å². The zero-order valence-corrected chi connectivity index (χ0v) is 26.9. The molecule has 2 fully saturated rings. The molecule has 0 atom stereocenters. The predicted molar refractivity (Wildman–Crippen MR) is 169 cm³/mol. The van der Waals surface area contributed by atoms with Crippen LogP contribution >= 0.6 is 0 Å². The van der Waals surface area contributed by atoms with Crippen molar-refractivity contribution in [3.05, 3.63) is 41.7 Å². The first-order valence-electron chi connectivity index (χ1n) is 15.2. The molecule has 1 aliphatic heterocycles. The molecule has 1 aliphatic carbocycles. The molecular formula is C32H44N4O6Si. The fourth-order valence-electron chi connectivity index (χ4n) is 5.51. The van der Waals surface area contributed by atoms with Gasteiger partial charge in [-0.25, -0.2) is 4.79 Å². The molecule has 0 unspecified atom stereocenters. The second-order valence-corrected chi connectivity index (χ2v) is 18.5. The van der Waals surface area contributed by atoms with E-state index in [1.54, 1.807) is 13.3 Å². The first kappa shape index (κ1) is 30.9. The summed E-state index contributed by atoms with van der Waals surface area (Å²) >= 11 is 0. The number of carbonyl (C=O) groups excluding carboxylic acids is 1. The SMILES string of the molecule is COc1ccc(OCC2CC2)c(-c2ccnc3c(C(=O)NC4CCN(C(=O)O)CC4)c(C)n(COCC[Si](C)(C)C)c23)c1. The third kappa shape index (κ3) is 7.33. The maximum absolute atomic E-state index is 13.9. The van der Waals surface area contributed by atoms with Gasteiger partial charge in [0.05, 0.1) is 24.8 Å². The molecule has 2 aliphatic rings. The summed E-state index contributed by atoms with van der Waals surface area (Å²) in [6, 6.07) is 8.72. The highest BCUT2D eigenvalue weighted by molar-refractivity contribution is 6.76. The van der Waals surface area contributed by atoms with E-state index in [1.807, 2.05) is 35.8 Å². The number of likely N-dealkylation sites (tertiary alicyclic amines) is 1. The highest BCUT2D eigenvalue weighted by Gasteiger charge is 2.29. The molecule has 2 amide bonds. The molecule has 3 heterocycles. The van der Waals surface area contributed by atoms with Gasteiger partial charge in [0, 0.05) is 56.8 Å². The first-order chi connectivity index (χ1) is 20.6. The number of rotatable bonds is 12. The minimum atomic E-state index is -1.29. The standard InChI is InChI=1S/C32H44N4O6Si/c1-21-28(31(37)34-23-11-14-35(15-12-23)32(38)39)29-30(36(21)20-41-16-17-43(3,4)5)25(10-13-33-29)26-18-24(40-2)8-9-27(26)42-19-22-6-7-22/h8-10,13,18,22-23H,6-7,11-12,14-17,19-20H2,1-5H3,(H,34,37)(H,38,39). The van der Waals surface area contributed by atoms with Crippen LogP contribution in [-0.2, 0) is 11.5 Å². The van der Waals surface area contributed by atoms with E-state index in [0.717, 1.165) is 34.1 Å². The third-order valence-electron chi connectivity index (χ3n) is 8.39. The van der Waals surface area contributed by atoms with Crippen molar-refractivity contribution in [2.45, 2.75) is 71.1 Å². The molecule has 0 spiro atoms. The molecule has 43 heavy (non-hydrogen) atoms. The smallest absolute Gasteiger partial charge is 0.407 e. The van der Waals surface area contributed by atoms with Crippen molar-refractivity contribution >= 4 is 31.1 Å². The maximum Gasteiger partial charge on any atom is 0.407 e. The van der Waals surface area contributed by atoms with Gasteiger partial charge in [0.25, 0.3) is 5.91 Å². The number of nitrogens with one attached hydrogen (secondary N) is 1. The molecule has 1 saturated heterocycles. The Kier molecular flexibility index (Phi) is 9.31. The van der Waals surface area contributed by atoms with Gasteiger partial charge < -0.3 is 34.1 Å². The lowest BCUT2D eigenvalue weighted by atomic mass is 10.0. The third-order valence-corrected chi connectivity index (χ3v) is 10.1. The van der Waals surface area contributed by atoms with Gasteiger partial charge in [-0.15, -0.1) is 0 Å². The van der Waals surface area contributed by atoms with Crippen LogP contribution in [0, 0.1) is 12.8 Å². The molecular weight excluding hydrogens is 564 g/mol. The van der Waals surface area contributed by atoms with Crippen molar-refractivity contribution in [3.63, 3.8) is 0 Å². The predicted octanol–water partition coefficient (Wildman–Crippen LogP) is 5.99. The van der Waals surface area contributed by atoms with Gasteiger partial charge in [-0.1, -0.05) is 19.6 Å². The van der Waals surface area contributed by atoms with Crippen molar-refractivity contribution in [2.75, 3.05) is 33.4 Å². The van der Waals surface area contributed by atoms with Crippen LogP contribution in [0.2, 0.25) is 25.7 Å². The Morgan fingerprint density at radius 1 is 1.09 bits per heavy atom. The van der Waals surface area contributed by atoms with Crippen LogP contribution in [0.5, 0.6) is 11.5 Å². The normalized spacial score (nSPS) is 16.0. The Bertz CT molecular complexity index is 1470. The lowest BCUT2D eigenvalue weighted by Crippen LogP contribution is -2.46. The van der Waals surface area contributed by atoms with Crippen molar-refractivity contribution < 1.29 is 28.9 Å². The van der Waals surface area contributed by atoms with Crippen LogP contribution < -0.4 is 14.8 Å². The highest BCUT2D eigenvalue weighted by atomic mass is 28.3. The molecule has 0 bridgehead atoms. The number of methoxy groups -OCH3 is 1. The number of hydrogen-bond acceptors (Lipinski definition) is 6. The Balaban J connectivity index is 1.53. The first-order valence-corrected chi connectivity index (χ1v) is 18.9. The van der Waals surface area contributed by atoms with Crippen LogP contribution in [0.1, 0.15) is 41.7 Å². The van der Waals surface area contributed by atoms with E-state index < -0.39 is 14.2 Å². The summed E-state index contributed by atoms with van der Waals surface area (Å²) in [6.07, 6.45) is 4.33. The summed E-state index contributed by atoms with van der Waals surface area (Å²) in [5, 5.41) is 12.5. The highest BCUT2D eigenvalue weighted by Crippen LogP contribution is 2.40. The number of aromatic nitrogens is 2. The van der Waals surface area contributed by atoms with E-state index in [9.17, 15) is 14.7 Å². The van der Waals surface area contributed by atoms with Gasteiger partial charge in [-0.3, -0.25) is 9.78 Å². The molecule has 232 valence electrons. The number of benzene rings is 1. The van der Waals surface area contributed by atoms with Crippen LogP contribution in [0.15, 0.2) is 30.5 Å². The minimum absolute atomic E-state index is 0.113. The van der Waals surface area contributed by atoms with E-state index in [-0.39, 0.29) is 18.7 Å². The van der Waals surface area contributed by atoms with E-state index in [0.29, 0.717) is 61.9 Å². The monoisotopic (exact) mass is 608 g/mol. The van der Waals surface area contributed by atoms with Gasteiger partial charge in [0.2, 0.25) is 0 Å². The van der Waals surface area contributed by atoms with E-state index in [1.165, 1.54) is 17.7 Å². The summed E-state index contributed by atoms with van der Waals surface area (Å²) in [5.41, 5.74) is 4.45. The molecule has 1 saturated carbocycles. The lowest BCUT2D eigenvalue weighted by Gasteiger charge is -2.30. The fraction of sp³-hybridized carbons (Fsp3) is 0.531. The summed E-state index contributed by atoms with van der Waals surface area (Å²) in [5.74, 6) is 1.86. The Hall–Kier alpha value is -3.57. The number of piperidine rings is 1. The number of pyridine rings is 1. The van der Waals surface area contributed by atoms with Crippen molar-refractivity contribution in [1.82, 2.24) is 19.8 Å². The number of fused-ring (bicyclic) bond motifs is 1. The summed E-state index contributed by atoms with van der Waals surface area (Å²) in [6.45, 7) is 11.3. The second kappa shape index (κ2) is 13.0. The largest absolute Gasteiger partial charge is 0.497 e. The number of hydrogen-bond donors (Lipinski definition) is 2. The Morgan fingerprint density at radius 2 is 1.84 bits per heavy atom. The summed E-state index contributed by atoms with van der Waals surface area (Å²) in [7, 11) is 0.359. The molecule has 5 rings (SSSR count). The van der Waals surface area contributed by atoms with Gasteiger partial charge in [0.15, 0.2) is 0 Å². The van der Waals surface area contributed by atoms with Gasteiger partial charge in [-0.05, 0) is 68.8 Å². The zero-order chi connectivity index (χ0) is 30.7. The molecule has 0 radical (unpaired) electrons. The number of carbonyl (C=O) groups is 2. The van der Waals surface area contributed by atoms with E-state index in [4.69, 9.17) is 19.2 Å². The van der Waals surface area contributed by atoms with E-state index >= 15 is 0 Å². The number of carboxylic acid groups (broad SMARTS) is 1. The van der Waals surface area contributed by atoms with Gasteiger partial charge >= 0.3 is 6.09 Å². The number of ether oxygens (including phenoxy) is 3. The molecule has 2 N–H and O–H groups in total. The van der Waals surface area contributed by atoms with Crippen LogP contribution in [0.3, 0.4) is 0 Å². The summed E-state index contributed by atoms with van der Waals surface area (Å²) < 4.78 is 20.2. The fourth-order valence-corrected chi connectivity index (χ4v) is 6.26. The summed E-state index contributed by atoms with van der Waals surface area (Å²) in [4.78, 5) is 31.3. The molecule has 11 heteroatoms. The minimum Gasteiger partial charge on any atom is -0.497 e. The molecule has 2 aromatic heterocycles. The molecule has 3 aromatic rings. The van der Waals surface area contributed by atoms with Gasteiger partial charge in [-0.2, -0.15) is 0 Å². The van der Waals surface area contributed by atoms with Crippen LogP contribution in [0.4, 0.5) is 4.79 Å². The topological polar surface area (TPSA) is 115 Å². The molecule has 10 nitrogen and oxygen atoms in total. The van der Waals surface area contributed by atoms with Crippen molar-refractivity contribution in [1.29, 1.82) is 0 Å². The average molecular weight is 609 g/mol. The van der Waals surface area contributed by atoms with Crippen molar-refractivity contribution in [2.24, 2.45) is 5.92 Å². The number of nitrogens with zero attached hydrogens (tertiary/aromatic N) is 3. The lowest BCUT2D eigenvalue weighted by molar-refractivity contribution is 0.0874. The Morgan fingerprint density at radius 3 is 2.49 bits per heavy atom. The Labute approximate surface area is 254 Å².